The van der Waals surface area contributed by atoms with E-state index in [1.807, 2.05) is 0 Å². The first-order chi connectivity index (χ1) is 3.12. The summed E-state index contributed by atoms with van der Waals surface area (Å²) in [6.07, 6.45) is 0. The first-order valence-corrected chi connectivity index (χ1v) is 2.07. The fraction of sp³-hybridized carbons (Fsp3) is 1.00. The Morgan fingerprint density at radius 1 is 1.43 bits per heavy atom. The average molecular weight is 134 g/mol. The fourth-order valence-electron chi connectivity index (χ4n) is 0.0206. The van der Waals surface area contributed by atoms with Gasteiger partial charge in [0.1, 0.15) is 12.1 Å². The van der Waals surface area contributed by atoms with E-state index in [0.29, 0.717) is 0 Å². The minimum atomic E-state index is -3.83. The van der Waals surface area contributed by atoms with Crippen LogP contribution in [0.15, 0.2) is 0 Å². The van der Waals surface area contributed by atoms with E-state index in [-0.39, 0.29) is 0 Å². The highest BCUT2D eigenvalue weighted by atomic mass is 32.2. The van der Waals surface area contributed by atoms with Gasteiger partial charge < -0.3 is 0 Å². The van der Waals surface area contributed by atoms with Gasteiger partial charge >= 0.3 is 5.25 Å². The number of halogens is 4. The number of hydrogen-bond acceptors (Lipinski definition) is 1. The van der Waals surface area contributed by atoms with Crippen LogP contribution in [-0.2, 0) is 0 Å². The van der Waals surface area contributed by atoms with Crippen molar-refractivity contribution in [3.63, 3.8) is 0 Å². The molecule has 0 aliphatic carbocycles. The van der Waals surface area contributed by atoms with Crippen LogP contribution in [0.4, 0.5) is 17.1 Å². The lowest BCUT2D eigenvalue weighted by molar-refractivity contribution is 0.0710. The van der Waals surface area contributed by atoms with Gasteiger partial charge in [0, 0.05) is 0 Å². The molecule has 0 unspecified atom stereocenters. The van der Waals surface area contributed by atoms with Crippen LogP contribution < -0.4 is 0 Å². The summed E-state index contributed by atoms with van der Waals surface area (Å²) >= 11 is -1.28. The van der Waals surface area contributed by atoms with E-state index in [4.69, 9.17) is 0 Å². The lowest BCUT2D eigenvalue weighted by Gasteiger charge is -2.00. The van der Waals surface area contributed by atoms with Crippen molar-refractivity contribution in [1.82, 2.24) is 0 Å². The maximum absolute atomic E-state index is 11.1. The van der Waals surface area contributed by atoms with E-state index < -0.39 is 24.1 Å². The lowest BCUT2D eigenvalue weighted by Crippen LogP contribution is -2.09. The molecule has 0 aromatic rings. The molecular weight excluding hydrogens is 132 g/mol. The van der Waals surface area contributed by atoms with Gasteiger partial charge in [0.25, 0.3) is 0 Å². The molecule has 0 amide bonds. The zero-order valence-corrected chi connectivity index (χ0v) is 3.94. The maximum atomic E-state index is 11.1. The third kappa shape index (κ3) is 2.73. The van der Waals surface area contributed by atoms with E-state index >= 15 is 0 Å². The zero-order valence-electron chi connectivity index (χ0n) is 3.13. The summed E-state index contributed by atoms with van der Waals surface area (Å²) in [5.74, 6) is 0. The molecule has 0 aliphatic rings. The molecule has 0 heterocycles. The summed E-state index contributed by atoms with van der Waals surface area (Å²) in [6.45, 7) is -1.95. The Bertz CT molecular complexity index is 47.7. The summed E-state index contributed by atoms with van der Waals surface area (Å²) in [7, 11) is 0. The summed E-state index contributed by atoms with van der Waals surface area (Å²) < 4.78 is 43.6. The molecule has 0 spiro atoms. The average Bonchev–Trinajstić information content (AvgIpc) is 1.68. The number of hydrogen-bond donors (Lipinski definition) is 0. The predicted molar refractivity (Wildman–Crippen MR) is 19.6 cm³/mol. The normalized spacial score (nSPS) is 12.0. The minimum Gasteiger partial charge on any atom is -0.243 e. The third-order valence-corrected chi connectivity index (χ3v) is 0.603. The monoisotopic (exact) mass is 134 g/mol. The van der Waals surface area contributed by atoms with Crippen LogP contribution >= 0.6 is 12.1 Å². The summed E-state index contributed by atoms with van der Waals surface area (Å²) in [4.78, 5) is 0. The van der Waals surface area contributed by atoms with Gasteiger partial charge in [-0.3, -0.25) is 0 Å². The summed E-state index contributed by atoms with van der Waals surface area (Å²) in [5, 5.41) is -3.83. The van der Waals surface area contributed by atoms with E-state index in [1.165, 1.54) is 0 Å². The maximum Gasteiger partial charge on any atom is 0.350 e. The van der Waals surface area contributed by atoms with Crippen molar-refractivity contribution in [3.8, 4) is 0 Å². The molecule has 0 aromatic heterocycles. The van der Waals surface area contributed by atoms with Crippen LogP contribution in [0.5, 0.6) is 0 Å². The van der Waals surface area contributed by atoms with E-state index in [2.05, 4.69) is 0 Å². The molecule has 0 nitrogen and oxygen atoms in total. The largest absolute Gasteiger partial charge is 0.350 e. The molecule has 0 rings (SSSR count). The Morgan fingerprint density at radius 2 is 1.86 bits per heavy atom. The van der Waals surface area contributed by atoms with Crippen molar-refractivity contribution in [1.29, 1.82) is 0 Å². The van der Waals surface area contributed by atoms with Crippen LogP contribution in [-0.4, -0.2) is 11.9 Å². The van der Waals surface area contributed by atoms with Gasteiger partial charge in [-0.25, -0.2) is 4.39 Å². The van der Waals surface area contributed by atoms with E-state index in [1.54, 1.807) is 0 Å². The van der Waals surface area contributed by atoms with Crippen molar-refractivity contribution in [2.75, 3.05) is 6.67 Å². The van der Waals surface area contributed by atoms with Crippen molar-refractivity contribution >= 4 is 12.1 Å². The molecule has 0 aromatic carbocycles. The van der Waals surface area contributed by atoms with Gasteiger partial charge in [0.2, 0.25) is 0 Å². The zero-order chi connectivity index (χ0) is 5.91. The van der Waals surface area contributed by atoms with Crippen molar-refractivity contribution < 1.29 is 17.1 Å². The van der Waals surface area contributed by atoms with Gasteiger partial charge in [0.15, 0.2) is 6.67 Å². The van der Waals surface area contributed by atoms with Crippen molar-refractivity contribution in [2.45, 2.75) is 5.25 Å². The predicted octanol–water partition coefficient (Wildman–Crippen LogP) is 2.17. The molecule has 0 atom stereocenters. The van der Waals surface area contributed by atoms with Gasteiger partial charge in [-0.05, 0) is 0 Å². The summed E-state index contributed by atoms with van der Waals surface area (Å²) in [5.41, 5.74) is 0. The van der Waals surface area contributed by atoms with E-state index in [0.717, 1.165) is 0 Å². The molecule has 0 fully saturated rings. The first-order valence-electron chi connectivity index (χ1n) is 1.36. The van der Waals surface area contributed by atoms with Crippen LogP contribution in [0.25, 0.3) is 0 Å². The Labute approximate surface area is 42.2 Å². The lowest BCUT2D eigenvalue weighted by atomic mass is 10.8. The Hall–Kier alpha value is 0.0700. The van der Waals surface area contributed by atoms with Gasteiger partial charge in [-0.2, -0.15) is 12.7 Å². The minimum absolute atomic E-state index is 1.28. The smallest absolute Gasteiger partial charge is 0.243 e. The second kappa shape index (κ2) is 2.40. The number of alkyl halides is 3. The van der Waals surface area contributed by atoms with Gasteiger partial charge in [0.05, 0.1) is 0 Å². The van der Waals surface area contributed by atoms with Gasteiger partial charge in [-0.1, -0.05) is 0 Å². The topological polar surface area (TPSA) is 0 Å². The molecule has 5 heteroatoms. The molecule has 0 radical (unpaired) electrons. The molecule has 7 heavy (non-hydrogen) atoms. The highest BCUT2D eigenvalue weighted by Crippen LogP contribution is 2.29. The Kier molecular flexibility index (Phi) is 2.42. The fourth-order valence-corrected chi connectivity index (χ4v) is 0.0619. The summed E-state index contributed by atoms with van der Waals surface area (Å²) in [6, 6.07) is 0. The molecule has 0 saturated carbocycles. The molecule has 0 saturated heterocycles. The molecule has 0 N–H and O–H groups in total. The molecular formula is C2H2F4S. The highest BCUT2D eigenvalue weighted by Gasteiger charge is 2.30. The SMILES string of the molecule is FCC(F)(F)SF. The molecule has 44 valence electrons. The molecule has 0 aliphatic heterocycles. The van der Waals surface area contributed by atoms with Crippen LogP contribution in [0.1, 0.15) is 0 Å². The van der Waals surface area contributed by atoms with Crippen LogP contribution in [0.3, 0.4) is 0 Å². The van der Waals surface area contributed by atoms with E-state index in [9.17, 15) is 17.1 Å². The first kappa shape index (κ1) is 7.07. The molecule has 0 bridgehead atoms. The standard InChI is InChI=1S/C2H2F4S/c3-1-2(4,5)7-6/h1H2. The second-order valence-electron chi connectivity index (χ2n) is 0.848. The van der Waals surface area contributed by atoms with Crippen LogP contribution in [0.2, 0.25) is 0 Å². The third-order valence-electron chi connectivity index (χ3n) is 0.268. The Balaban J connectivity index is 3.36. The van der Waals surface area contributed by atoms with Crippen molar-refractivity contribution in [3.05, 3.63) is 0 Å². The highest BCUT2D eigenvalue weighted by molar-refractivity contribution is 7.95. The number of rotatable bonds is 2. The van der Waals surface area contributed by atoms with Crippen LogP contribution in [0, 0.1) is 0 Å². The van der Waals surface area contributed by atoms with Gasteiger partial charge in [-0.15, -0.1) is 0 Å². The van der Waals surface area contributed by atoms with Crippen molar-refractivity contribution in [2.24, 2.45) is 0 Å². The Morgan fingerprint density at radius 3 is 1.86 bits per heavy atom. The second-order valence-corrected chi connectivity index (χ2v) is 1.60. The quantitative estimate of drug-likeness (QED) is 0.521.